The van der Waals surface area contributed by atoms with Gasteiger partial charge in [-0.2, -0.15) is 0 Å². The Hall–Kier alpha value is -3.50. The molecule has 0 bridgehead atoms. The van der Waals surface area contributed by atoms with Crippen molar-refractivity contribution in [1.29, 1.82) is 0 Å². The van der Waals surface area contributed by atoms with Gasteiger partial charge in [0.15, 0.2) is 0 Å². The second-order valence-corrected chi connectivity index (χ2v) is 20.8. The average Bonchev–Trinajstić information content (AvgIpc) is 3.67. The van der Waals surface area contributed by atoms with Crippen molar-refractivity contribution < 1.29 is 0 Å². The van der Waals surface area contributed by atoms with Crippen molar-refractivity contribution in [2.75, 3.05) is 9.80 Å². The summed E-state index contributed by atoms with van der Waals surface area (Å²) in [7, 11) is 0. The Kier molecular flexibility index (Phi) is 6.26. The van der Waals surface area contributed by atoms with E-state index in [-0.39, 0.29) is 16.4 Å². The molecule has 1 saturated heterocycles. The molecule has 52 heavy (non-hydrogen) atoms. The van der Waals surface area contributed by atoms with Gasteiger partial charge in [-0.15, -0.1) is 11.3 Å². The standard InChI is InChI=1S/C48H53BN2S/c1-28-24-38-41-39(25-28)51-43-35(47(7)22-11-12-23-48(47,51)8)16-13-17-37(43)49(41)44-42(50(38)30-20-18-29(19-21-30)45(2,3)4)33-26-32-31-14-9-10-15-34(31)46(5,6)36(32)27-40(33)52-44/h9-10,14-15,18-21,24-27,35,37,43H,11-13,16-17,22-23H2,1-8H3. The fraction of sp³-hybridized carbons (Fsp3) is 0.458. The SMILES string of the molecule is Cc1cc2c3c(c1)N1C4C(CCCC4C4(C)CCCCC14C)B3c1sc3cc4c(cc3c1N2c1ccc(C(C)(C)C)cc1)-c1ccccc1C4(C)C. The molecule has 5 aromatic rings. The summed E-state index contributed by atoms with van der Waals surface area (Å²) in [6.45, 7) is 20.1. The van der Waals surface area contributed by atoms with Crippen LogP contribution in [0.2, 0.25) is 5.82 Å². The zero-order valence-electron chi connectivity index (χ0n) is 32.5. The highest BCUT2D eigenvalue weighted by Crippen LogP contribution is 2.68. The Morgan fingerprint density at radius 2 is 1.54 bits per heavy atom. The molecule has 3 fully saturated rings. The molecule has 6 aliphatic rings. The van der Waals surface area contributed by atoms with Crippen LogP contribution in [0.1, 0.15) is 116 Å². The van der Waals surface area contributed by atoms with E-state index in [0.717, 1.165) is 5.92 Å². The molecule has 1 aromatic heterocycles. The topological polar surface area (TPSA) is 6.48 Å². The molecule has 0 radical (unpaired) electrons. The van der Waals surface area contributed by atoms with Crippen molar-refractivity contribution >= 4 is 61.1 Å². The number of benzene rings is 4. The maximum absolute atomic E-state index is 3.09. The van der Waals surface area contributed by atoms with Crippen LogP contribution in [-0.2, 0) is 10.8 Å². The van der Waals surface area contributed by atoms with E-state index in [1.54, 1.807) is 15.9 Å². The maximum atomic E-state index is 3.09. The minimum absolute atomic E-state index is 0.00665. The van der Waals surface area contributed by atoms with Gasteiger partial charge in [-0.1, -0.05) is 104 Å². The molecule has 0 amide bonds. The zero-order valence-corrected chi connectivity index (χ0v) is 33.3. The van der Waals surface area contributed by atoms with E-state index in [1.807, 2.05) is 0 Å². The number of nitrogens with zero attached hydrogens (tertiary/aromatic N) is 2. The number of anilines is 4. The smallest absolute Gasteiger partial charge is 0.235 e. The van der Waals surface area contributed by atoms with Gasteiger partial charge in [0.1, 0.15) is 0 Å². The highest BCUT2D eigenvalue weighted by molar-refractivity contribution is 7.32. The van der Waals surface area contributed by atoms with Crippen molar-refractivity contribution in [3.8, 4) is 11.1 Å². The molecule has 3 aliphatic heterocycles. The second kappa shape index (κ2) is 10.2. The van der Waals surface area contributed by atoms with E-state index in [1.165, 1.54) is 105 Å². The minimum atomic E-state index is -0.00665. The maximum Gasteiger partial charge on any atom is 0.235 e. The Morgan fingerprint density at radius 1 is 0.788 bits per heavy atom. The first-order chi connectivity index (χ1) is 24.8. The van der Waals surface area contributed by atoms with Crippen molar-refractivity contribution in [3.63, 3.8) is 0 Å². The predicted molar refractivity (Wildman–Crippen MR) is 225 cm³/mol. The number of rotatable bonds is 1. The Balaban J connectivity index is 1.22. The third-order valence-electron chi connectivity index (χ3n) is 15.8. The summed E-state index contributed by atoms with van der Waals surface area (Å²) < 4.78 is 3.08. The molecular formula is C48H53BN2S. The van der Waals surface area contributed by atoms with Gasteiger partial charge in [0.05, 0.1) is 5.69 Å². The first-order valence-electron chi connectivity index (χ1n) is 20.4. The summed E-state index contributed by atoms with van der Waals surface area (Å²) in [5.41, 5.74) is 16.6. The molecule has 3 aliphatic carbocycles. The van der Waals surface area contributed by atoms with Crippen LogP contribution in [0.5, 0.6) is 0 Å². The van der Waals surface area contributed by atoms with Gasteiger partial charge in [-0.05, 0) is 131 Å². The number of hydrogen-bond acceptors (Lipinski definition) is 3. The van der Waals surface area contributed by atoms with Gasteiger partial charge in [0, 0.05) is 48.9 Å². The third-order valence-corrected chi connectivity index (χ3v) is 17.0. The number of hydrogen-bond donors (Lipinski definition) is 0. The van der Waals surface area contributed by atoms with Crippen molar-refractivity contribution in [3.05, 3.63) is 95.1 Å². The van der Waals surface area contributed by atoms with Crippen LogP contribution in [-0.4, -0.2) is 18.3 Å². The number of thiophene rings is 1. The molecule has 4 heterocycles. The third kappa shape index (κ3) is 3.79. The van der Waals surface area contributed by atoms with Crippen LogP contribution in [0.15, 0.2) is 72.8 Å². The van der Waals surface area contributed by atoms with Crippen LogP contribution >= 0.6 is 11.3 Å². The van der Waals surface area contributed by atoms with Crippen LogP contribution in [0, 0.1) is 18.3 Å². The van der Waals surface area contributed by atoms with Gasteiger partial charge in [-0.3, -0.25) is 0 Å². The molecule has 11 rings (SSSR count). The van der Waals surface area contributed by atoms with E-state index in [0.29, 0.717) is 24.0 Å². The first-order valence-corrected chi connectivity index (χ1v) is 21.2. The first kappa shape index (κ1) is 32.0. The zero-order chi connectivity index (χ0) is 35.7. The summed E-state index contributed by atoms with van der Waals surface area (Å²) >= 11 is 2.14. The molecule has 0 N–H and O–H groups in total. The Morgan fingerprint density at radius 3 is 2.33 bits per heavy atom. The van der Waals surface area contributed by atoms with Gasteiger partial charge in [0.2, 0.25) is 6.71 Å². The quantitative estimate of drug-likeness (QED) is 0.161. The number of aryl methyl sites for hydroxylation is 1. The molecule has 4 heteroatoms. The fourth-order valence-electron chi connectivity index (χ4n) is 13.1. The lowest BCUT2D eigenvalue weighted by molar-refractivity contribution is 0.0670. The minimum Gasteiger partial charge on any atom is -0.363 e. The van der Waals surface area contributed by atoms with E-state index in [9.17, 15) is 0 Å². The lowest BCUT2D eigenvalue weighted by Crippen LogP contribution is -2.65. The second-order valence-electron chi connectivity index (χ2n) is 19.7. The van der Waals surface area contributed by atoms with Gasteiger partial charge in [-0.25, -0.2) is 0 Å². The summed E-state index contributed by atoms with van der Waals surface area (Å²) in [4.78, 5) is 5.82. The van der Waals surface area contributed by atoms with Crippen LogP contribution < -0.4 is 20.0 Å². The fourth-order valence-corrected chi connectivity index (χ4v) is 14.5. The highest BCUT2D eigenvalue weighted by Gasteiger charge is 2.69. The van der Waals surface area contributed by atoms with Crippen LogP contribution in [0.25, 0.3) is 21.2 Å². The van der Waals surface area contributed by atoms with Gasteiger partial charge >= 0.3 is 0 Å². The summed E-state index contributed by atoms with van der Waals surface area (Å²) in [6.07, 6.45) is 9.58. The van der Waals surface area contributed by atoms with Gasteiger partial charge in [0.25, 0.3) is 0 Å². The van der Waals surface area contributed by atoms with Crippen LogP contribution in [0.3, 0.4) is 0 Å². The molecule has 5 atom stereocenters. The Bertz CT molecular complexity index is 2340. The molecule has 0 spiro atoms. The molecule has 5 unspecified atom stereocenters. The predicted octanol–water partition coefficient (Wildman–Crippen LogP) is 11.9. The van der Waals surface area contributed by atoms with Crippen LogP contribution in [0.4, 0.5) is 22.7 Å². The molecular weight excluding hydrogens is 647 g/mol. The summed E-state index contributed by atoms with van der Waals surface area (Å²) in [5, 5.41) is 1.44. The normalized spacial score (nSPS) is 29.0. The lowest BCUT2D eigenvalue weighted by atomic mass is 9.30. The molecule has 2 saturated carbocycles. The highest BCUT2D eigenvalue weighted by atomic mass is 32.1. The van der Waals surface area contributed by atoms with E-state index in [2.05, 4.69) is 149 Å². The largest absolute Gasteiger partial charge is 0.363 e. The summed E-state index contributed by atoms with van der Waals surface area (Å²) in [5.74, 6) is 1.42. The monoisotopic (exact) mass is 700 g/mol. The number of fused-ring (bicyclic) bond motifs is 12. The van der Waals surface area contributed by atoms with Gasteiger partial charge < -0.3 is 9.80 Å². The average molecular weight is 701 g/mol. The summed E-state index contributed by atoms with van der Waals surface area (Å²) in [6, 6.07) is 29.8. The molecule has 2 nitrogen and oxygen atoms in total. The lowest BCUT2D eigenvalue weighted by Gasteiger charge is -2.55. The van der Waals surface area contributed by atoms with E-state index >= 15 is 0 Å². The van der Waals surface area contributed by atoms with Crippen molar-refractivity contribution in [2.24, 2.45) is 11.3 Å². The van der Waals surface area contributed by atoms with Crippen molar-refractivity contribution in [1.82, 2.24) is 0 Å². The molecule has 264 valence electrons. The van der Waals surface area contributed by atoms with Crippen molar-refractivity contribution in [2.45, 2.75) is 129 Å². The van der Waals surface area contributed by atoms with E-state index < -0.39 is 0 Å². The van der Waals surface area contributed by atoms with E-state index in [4.69, 9.17) is 0 Å². The Labute approximate surface area is 315 Å². The molecule has 4 aromatic carbocycles.